The van der Waals surface area contributed by atoms with Gasteiger partial charge in [0.25, 0.3) is 5.91 Å². The van der Waals surface area contributed by atoms with Crippen LogP contribution in [0.4, 0.5) is 26.3 Å². The molecule has 0 aliphatic carbocycles. The molecule has 14 heteroatoms. The quantitative estimate of drug-likeness (QED) is 0.179. The first-order valence-electron chi connectivity index (χ1n) is 9.84. The smallest absolute Gasteiger partial charge is 0.369 e. The largest absolute Gasteiger partial charge is 0.405 e. The number of hydrogen-bond acceptors (Lipinski definition) is 2. The van der Waals surface area contributed by atoms with Crippen LogP contribution in [0.3, 0.4) is 0 Å². The third-order valence-corrected chi connectivity index (χ3v) is 6.99. The molecule has 2 rings (SSSR count). The molecular formula is C22H16BrCl3F6N2OS. The van der Waals surface area contributed by atoms with Crippen molar-refractivity contribution in [3.05, 3.63) is 72.6 Å². The molecule has 0 spiro atoms. The summed E-state index contributed by atoms with van der Waals surface area (Å²) in [6, 6.07) is 5.40. The van der Waals surface area contributed by atoms with Gasteiger partial charge in [-0.05, 0) is 58.2 Å². The second-order valence-electron chi connectivity index (χ2n) is 7.44. The van der Waals surface area contributed by atoms with E-state index in [4.69, 9.17) is 47.0 Å². The topological polar surface area (TPSA) is 41.1 Å². The van der Waals surface area contributed by atoms with Crippen LogP contribution in [0.5, 0.6) is 0 Å². The maximum absolute atomic E-state index is 13.7. The Kier molecular flexibility index (Phi) is 10.5. The van der Waals surface area contributed by atoms with Crippen LogP contribution in [-0.4, -0.2) is 35.8 Å². The second kappa shape index (κ2) is 12.3. The van der Waals surface area contributed by atoms with Gasteiger partial charge in [0, 0.05) is 4.47 Å². The average molecular weight is 657 g/mol. The van der Waals surface area contributed by atoms with Gasteiger partial charge in [0.15, 0.2) is 0 Å². The van der Waals surface area contributed by atoms with Gasteiger partial charge in [0.05, 0.1) is 37.6 Å². The lowest BCUT2D eigenvalue weighted by atomic mass is 9.97. The molecule has 0 aliphatic rings. The van der Waals surface area contributed by atoms with Gasteiger partial charge in [-0.3, -0.25) is 4.79 Å². The molecule has 0 heterocycles. The number of thiocarbonyl (C=S) groups is 1. The van der Waals surface area contributed by atoms with Crippen LogP contribution in [0.2, 0.25) is 15.1 Å². The highest BCUT2D eigenvalue weighted by Crippen LogP contribution is 2.41. The zero-order valence-electron chi connectivity index (χ0n) is 18.0. The summed E-state index contributed by atoms with van der Waals surface area (Å²) in [6.07, 6.45) is -7.02. The molecule has 0 saturated heterocycles. The highest BCUT2D eigenvalue weighted by Gasteiger charge is 2.39. The normalized spacial score (nSPS) is 14.0. The van der Waals surface area contributed by atoms with Gasteiger partial charge in [-0.1, -0.05) is 65.2 Å². The molecule has 2 atom stereocenters. The Balaban J connectivity index is 2.19. The number of rotatable bonds is 7. The molecule has 2 N–H and O–H groups in total. The van der Waals surface area contributed by atoms with Gasteiger partial charge in [0.2, 0.25) is 0 Å². The predicted octanol–water partition coefficient (Wildman–Crippen LogP) is 8.37. The van der Waals surface area contributed by atoms with E-state index in [1.54, 1.807) is 0 Å². The van der Waals surface area contributed by atoms with Gasteiger partial charge in [-0.15, -0.1) is 0 Å². The molecule has 0 aliphatic heterocycles. The average Bonchev–Trinajstić information content (AvgIpc) is 2.74. The van der Waals surface area contributed by atoms with Gasteiger partial charge in [-0.25, -0.2) is 0 Å². The van der Waals surface area contributed by atoms with Gasteiger partial charge >= 0.3 is 12.4 Å². The first kappa shape index (κ1) is 30.7. The van der Waals surface area contributed by atoms with E-state index in [1.807, 2.05) is 5.32 Å². The van der Waals surface area contributed by atoms with Crippen molar-refractivity contribution in [2.75, 3.05) is 6.54 Å². The maximum Gasteiger partial charge on any atom is 0.405 e. The van der Waals surface area contributed by atoms with Crippen LogP contribution in [0.25, 0.3) is 6.08 Å². The van der Waals surface area contributed by atoms with E-state index in [2.05, 4.69) is 21.2 Å². The van der Waals surface area contributed by atoms with Crippen LogP contribution in [0.1, 0.15) is 34.3 Å². The Hall–Kier alpha value is -1.53. The molecule has 1 amide bonds. The summed E-state index contributed by atoms with van der Waals surface area (Å²) in [7, 11) is 0. The molecule has 0 aromatic heterocycles. The summed E-state index contributed by atoms with van der Waals surface area (Å²) in [4.78, 5) is 12.3. The fourth-order valence-electron chi connectivity index (χ4n) is 2.87. The van der Waals surface area contributed by atoms with E-state index in [1.165, 1.54) is 31.2 Å². The predicted molar refractivity (Wildman–Crippen MR) is 137 cm³/mol. The molecule has 1 unspecified atom stereocenters. The van der Waals surface area contributed by atoms with Gasteiger partial charge in [0.1, 0.15) is 6.54 Å². The van der Waals surface area contributed by atoms with E-state index in [0.29, 0.717) is 5.56 Å². The van der Waals surface area contributed by atoms with E-state index in [0.717, 1.165) is 18.2 Å². The van der Waals surface area contributed by atoms with E-state index < -0.39 is 36.8 Å². The van der Waals surface area contributed by atoms with Crippen molar-refractivity contribution in [3.8, 4) is 0 Å². The van der Waals surface area contributed by atoms with Crippen LogP contribution in [0, 0.1) is 0 Å². The number of carbonyl (C=O) groups is 1. The van der Waals surface area contributed by atoms with Crippen LogP contribution >= 0.6 is 63.0 Å². The maximum atomic E-state index is 13.7. The first-order valence-corrected chi connectivity index (χ1v) is 12.2. The number of alkyl halides is 6. The molecule has 0 fully saturated rings. The van der Waals surface area contributed by atoms with Crippen molar-refractivity contribution in [2.24, 2.45) is 0 Å². The van der Waals surface area contributed by atoms with E-state index in [-0.39, 0.29) is 35.7 Å². The number of halogens is 10. The summed E-state index contributed by atoms with van der Waals surface area (Å²) >= 11 is 25.6. The molecular weight excluding hydrogens is 641 g/mol. The van der Waals surface area contributed by atoms with Crippen molar-refractivity contribution in [1.29, 1.82) is 0 Å². The minimum atomic E-state index is -4.66. The van der Waals surface area contributed by atoms with Gasteiger partial charge < -0.3 is 10.6 Å². The second-order valence-corrected chi connectivity index (χ2v) is 9.93. The standard InChI is InChI=1S/C22H16BrCl3F6N2OS/c1-10(20(36)33-9-21(27,28)29)34-19(35)13-4-2-11(6-15(13)23)3-5-14(22(30,31)32)12-7-16(24)18(26)17(25)8-12/h2-8,10,14H,9H2,1H3,(H,33,36)(H,34,35)/b5-3+/t10-,14?/m1/s1. The molecule has 0 saturated carbocycles. The Morgan fingerprint density at radius 1 is 1.08 bits per heavy atom. The zero-order valence-corrected chi connectivity index (χ0v) is 22.7. The zero-order chi connectivity index (χ0) is 27.4. The summed E-state index contributed by atoms with van der Waals surface area (Å²) in [5.74, 6) is -2.70. The number of amides is 1. The van der Waals surface area contributed by atoms with Gasteiger partial charge in [-0.2, -0.15) is 26.3 Å². The lowest BCUT2D eigenvalue weighted by Gasteiger charge is -2.19. The number of nitrogens with one attached hydrogen (secondary N) is 2. The third kappa shape index (κ3) is 8.79. The van der Waals surface area contributed by atoms with Crippen LogP contribution in [0.15, 0.2) is 40.9 Å². The molecule has 2 aromatic rings. The van der Waals surface area contributed by atoms with Crippen molar-refractivity contribution in [1.82, 2.24) is 10.6 Å². The molecule has 36 heavy (non-hydrogen) atoms. The monoisotopic (exact) mass is 654 g/mol. The highest BCUT2D eigenvalue weighted by atomic mass is 79.9. The Labute approximate surface area is 231 Å². The minimum absolute atomic E-state index is 0.0593. The Bertz CT molecular complexity index is 1150. The van der Waals surface area contributed by atoms with Crippen molar-refractivity contribution in [3.63, 3.8) is 0 Å². The Morgan fingerprint density at radius 2 is 1.67 bits per heavy atom. The molecule has 196 valence electrons. The highest BCUT2D eigenvalue weighted by molar-refractivity contribution is 9.10. The summed E-state index contributed by atoms with van der Waals surface area (Å²) in [6.45, 7) is 0.0608. The number of allylic oxidation sites excluding steroid dienone is 1. The van der Waals surface area contributed by atoms with Crippen molar-refractivity contribution < 1.29 is 31.1 Å². The van der Waals surface area contributed by atoms with Crippen molar-refractivity contribution >= 4 is 79.9 Å². The van der Waals surface area contributed by atoms with Crippen LogP contribution in [-0.2, 0) is 0 Å². The first-order chi connectivity index (χ1) is 16.5. The lowest BCUT2D eigenvalue weighted by molar-refractivity contribution is -0.139. The fourth-order valence-corrected chi connectivity index (χ4v) is 4.19. The number of hydrogen-bond donors (Lipinski definition) is 2. The summed E-state index contributed by atoms with van der Waals surface area (Å²) in [5, 5.41) is 4.17. The number of benzene rings is 2. The molecule has 0 radical (unpaired) electrons. The summed E-state index contributed by atoms with van der Waals surface area (Å²) < 4.78 is 78.4. The minimum Gasteiger partial charge on any atom is -0.369 e. The summed E-state index contributed by atoms with van der Waals surface area (Å²) in [5.41, 5.74) is 0.216. The van der Waals surface area contributed by atoms with E-state index in [9.17, 15) is 31.1 Å². The molecule has 0 bridgehead atoms. The number of carbonyl (C=O) groups excluding carboxylic acids is 1. The fraction of sp³-hybridized carbons (Fsp3) is 0.273. The van der Waals surface area contributed by atoms with Crippen LogP contribution < -0.4 is 10.6 Å². The third-order valence-electron chi connectivity index (χ3n) is 4.64. The SMILES string of the molecule is C[C@@H](NC(=O)c1ccc(/C=C/C(c2cc(Cl)c(Cl)c(Cl)c2)C(F)(F)F)cc1Br)C(=S)NCC(F)(F)F. The lowest BCUT2D eigenvalue weighted by Crippen LogP contribution is -2.46. The van der Waals surface area contributed by atoms with E-state index >= 15 is 0 Å². The van der Waals surface area contributed by atoms with Crippen molar-refractivity contribution in [2.45, 2.75) is 31.2 Å². The molecule has 2 aromatic carbocycles. The molecule has 3 nitrogen and oxygen atoms in total. The Morgan fingerprint density at radius 3 is 2.17 bits per heavy atom.